The summed E-state index contributed by atoms with van der Waals surface area (Å²) >= 11 is 13.7. The molecule has 2 aromatic rings. The summed E-state index contributed by atoms with van der Waals surface area (Å²) in [6, 6.07) is 11.4. The van der Waals surface area contributed by atoms with Gasteiger partial charge in [0, 0.05) is 20.7 Å². The number of thioether (sulfide) groups is 1. The Morgan fingerprint density at radius 2 is 1.85 bits per heavy atom. The molecule has 20 heavy (non-hydrogen) atoms. The van der Waals surface area contributed by atoms with E-state index in [1.54, 1.807) is 42.1 Å². The van der Waals surface area contributed by atoms with Crippen LogP contribution < -0.4 is 11.3 Å². The molecule has 0 amide bonds. The van der Waals surface area contributed by atoms with E-state index in [9.17, 15) is 4.39 Å². The van der Waals surface area contributed by atoms with Gasteiger partial charge >= 0.3 is 0 Å². The highest BCUT2D eigenvalue weighted by atomic mass is 35.5. The van der Waals surface area contributed by atoms with Gasteiger partial charge < -0.3 is 0 Å². The lowest BCUT2D eigenvalue weighted by Gasteiger charge is -2.17. The van der Waals surface area contributed by atoms with Gasteiger partial charge in [-0.05, 0) is 48.0 Å². The second-order valence-electron chi connectivity index (χ2n) is 4.15. The topological polar surface area (TPSA) is 38.0 Å². The Bertz CT molecular complexity index is 578. The molecular weight excluding hydrogens is 318 g/mol. The smallest absolute Gasteiger partial charge is 0.123 e. The fourth-order valence-electron chi connectivity index (χ4n) is 1.72. The van der Waals surface area contributed by atoms with Gasteiger partial charge in [0.2, 0.25) is 0 Å². The quantitative estimate of drug-likeness (QED) is 0.484. The lowest BCUT2D eigenvalue weighted by Crippen LogP contribution is -2.29. The zero-order valence-corrected chi connectivity index (χ0v) is 12.8. The number of rotatable bonds is 5. The van der Waals surface area contributed by atoms with Crippen LogP contribution in [0.4, 0.5) is 4.39 Å². The highest BCUT2D eigenvalue weighted by Gasteiger charge is 2.14. The molecule has 106 valence electrons. The van der Waals surface area contributed by atoms with Crippen molar-refractivity contribution in [3.05, 3.63) is 63.9 Å². The summed E-state index contributed by atoms with van der Waals surface area (Å²) < 4.78 is 12.8. The summed E-state index contributed by atoms with van der Waals surface area (Å²) in [5.74, 6) is 5.99. The van der Waals surface area contributed by atoms with E-state index < -0.39 is 0 Å². The van der Waals surface area contributed by atoms with E-state index in [1.165, 1.54) is 12.1 Å². The van der Waals surface area contributed by atoms with Gasteiger partial charge in [-0.15, -0.1) is 11.8 Å². The van der Waals surface area contributed by atoms with Gasteiger partial charge in [0.05, 0.1) is 6.04 Å². The first-order valence-corrected chi connectivity index (χ1v) is 7.63. The Labute approximate surface area is 131 Å². The Morgan fingerprint density at radius 1 is 1.15 bits per heavy atom. The number of benzene rings is 2. The molecule has 2 nitrogen and oxygen atoms in total. The summed E-state index contributed by atoms with van der Waals surface area (Å²) in [5.41, 5.74) is 3.57. The molecular formula is C14H13Cl2FN2S. The molecule has 0 aliphatic carbocycles. The van der Waals surface area contributed by atoms with Crippen LogP contribution in [0, 0.1) is 5.82 Å². The molecule has 0 saturated heterocycles. The average molecular weight is 331 g/mol. The Kier molecular flexibility index (Phi) is 5.69. The number of hydrazine groups is 1. The van der Waals surface area contributed by atoms with Gasteiger partial charge in [0.15, 0.2) is 0 Å². The SMILES string of the molecule is NNC(CSc1ccc(F)cc1)c1cc(Cl)ccc1Cl. The molecule has 0 saturated carbocycles. The summed E-state index contributed by atoms with van der Waals surface area (Å²) in [6.07, 6.45) is 0. The predicted octanol–water partition coefficient (Wildman–Crippen LogP) is 4.43. The standard InChI is InChI=1S/C14H13Cl2FN2S/c15-9-1-6-13(16)12(7-9)14(19-18)8-20-11-4-2-10(17)3-5-11/h1-7,14,19H,8,18H2. The summed E-state index contributed by atoms with van der Waals surface area (Å²) in [6.45, 7) is 0. The van der Waals surface area contributed by atoms with Crippen molar-refractivity contribution in [2.75, 3.05) is 5.75 Å². The van der Waals surface area contributed by atoms with Crippen LogP contribution >= 0.6 is 35.0 Å². The highest BCUT2D eigenvalue weighted by Crippen LogP contribution is 2.30. The van der Waals surface area contributed by atoms with Gasteiger partial charge in [0.1, 0.15) is 5.82 Å². The van der Waals surface area contributed by atoms with Crippen molar-refractivity contribution >= 4 is 35.0 Å². The lowest BCUT2D eigenvalue weighted by molar-refractivity contribution is 0.611. The third kappa shape index (κ3) is 4.11. The zero-order valence-electron chi connectivity index (χ0n) is 10.4. The maximum atomic E-state index is 12.8. The summed E-state index contributed by atoms with van der Waals surface area (Å²) in [5, 5.41) is 1.22. The molecule has 0 spiro atoms. The number of hydrogen-bond donors (Lipinski definition) is 2. The molecule has 0 aliphatic rings. The second-order valence-corrected chi connectivity index (χ2v) is 6.09. The van der Waals surface area contributed by atoms with E-state index in [2.05, 4.69) is 5.43 Å². The van der Waals surface area contributed by atoms with E-state index in [1.807, 2.05) is 0 Å². The molecule has 6 heteroatoms. The maximum Gasteiger partial charge on any atom is 0.123 e. The minimum atomic E-state index is -0.249. The Hall–Kier alpha value is -0.780. The molecule has 2 aromatic carbocycles. The third-order valence-electron chi connectivity index (χ3n) is 2.76. The van der Waals surface area contributed by atoms with Crippen LogP contribution in [0.1, 0.15) is 11.6 Å². The highest BCUT2D eigenvalue weighted by molar-refractivity contribution is 7.99. The van der Waals surface area contributed by atoms with Crippen molar-refractivity contribution in [1.82, 2.24) is 5.43 Å². The van der Waals surface area contributed by atoms with Crippen molar-refractivity contribution in [2.45, 2.75) is 10.9 Å². The van der Waals surface area contributed by atoms with Crippen molar-refractivity contribution in [1.29, 1.82) is 0 Å². The fourth-order valence-corrected chi connectivity index (χ4v) is 3.11. The molecule has 0 fully saturated rings. The molecule has 3 N–H and O–H groups in total. The normalized spacial score (nSPS) is 12.4. The summed E-state index contributed by atoms with van der Waals surface area (Å²) in [7, 11) is 0. The van der Waals surface area contributed by atoms with E-state index in [-0.39, 0.29) is 11.9 Å². The molecule has 0 bridgehead atoms. The van der Waals surface area contributed by atoms with E-state index >= 15 is 0 Å². The van der Waals surface area contributed by atoms with Crippen LogP contribution in [0.3, 0.4) is 0 Å². The molecule has 0 aromatic heterocycles. The summed E-state index contributed by atoms with van der Waals surface area (Å²) in [4.78, 5) is 0.963. The minimum absolute atomic E-state index is 0.142. The molecule has 1 atom stereocenters. The van der Waals surface area contributed by atoms with Crippen LogP contribution in [0.15, 0.2) is 47.4 Å². The van der Waals surface area contributed by atoms with Crippen LogP contribution in [-0.2, 0) is 0 Å². The molecule has 0 heterocycles. The first-order valence-electron chi connectivity index (χ1n) is 5.89. The average Bonchev–Trinajstić information content (AvgIpc) is 2.45. The fraction of sp³-hybridized carbons (Fsp3) is 0.143. The van der Waals surface area contributed by atoms with Gasteiger partial charge in [-0.2, -0.15) is 0 Å². The van der Waals surface area contributed by atoms with Crippen molar-refractivity contribution < 1.29 is 4.39 Å². The van der Waals surface area contributed by atoms with Gasteiger partial charge in [-0.1, -0.05) is 23.2 Å². The largest absolute Gasteiger partial charge is 0.271 e. The number of hydrogen-bond acceptors (Lipinski definition) is 3. The Morgan fingerprint density at radius 3 is 2.50 bits per heavy atom. The maximum absolute atomic E-state index is 12.8. The second kappa shape index (κ2) is 7.29. The molecule has 2 rings (SSSR count). The van der Waals surface area contributed by atoms with Crippen molar-refractivity contribution in [3.63, 3.8) is 0 Å². The number of nitrogens with one attached hydrogen (secondary N) is 1. The van der Waals surface area contributed by atoms with E-state index in [0.29, 0.717) is 15.8 Å². The first kappa shape index (κ1) is 15.6. The van der Waals surface area contributed by atoms with Crippen molar-refractivity contribution in [2.24, 2.45) is 5.84 Å². The number of nitrogens with two attached hydrogens (primary N) is 1. The van der Waals surface area contributed by atoms with Crippen LogP contribution in [-0.4, -0.2) is 5.75 Å². The van der Waals surface area contributed by atoms with Gasteiger partial charge in [0.25, 0.3) is 0 Å². The monoisotopic (exact) mass is 330 g/mol. The van der Waals surface area contributed by atoms with Gasteiger partial charge in [-0.25, -0.2) is 4.39 Å². The van der Waals surface area contributed by atoms with E-state index in [4.69, 9.17) is 29.0 Å². The van der Waals surface area contributed by atoms with Gasteiger partial charge in [-0.3, -0.25) is 11.3 Å². The van der Waals surface area contributed by atoms with Crippen molar-refractivity contribution in [3.8, 4) is 0 Å². The predicted molar refractivity (Wildman–Crippen MR) is 83.7 cm³/mol. The lowest BCUT2D eigenvalue weighted by atomic mass is 10.1. The van der Waals surface area contributed by atoms with E-state index in [0.717, 1.165) is 10.5 Å². The molecule has 1 unspecified atom stereocenters. The Balaban J connectivity index is 2.09. The van der Waals surface area contributed by atoms with Crippen LogP contribution in [0.5, 0.6) is 0 Å². The minimum Gasteiger partial charge on any atom is -0.271 e. The molecule has 0 aliphatic heterocycles. The van der Waals surface area contributed by atoms with Crippen LogP contribution in [0.2, 0.25) is 10.0 Å². The number of halogens is 3. The molecule has 0 radical (unpaired) electrons. The van der Waals surface area contributed by atoms with Crippen LogP contribution in [0.25, 0.3) is 0 Å². The third-order valence-corrected chi connectivity index (χ3v) is 4.45. The zero-order chi connectivity index (χ0) is 14.5. The first-order chi connectivity index (χ1) is 9.60.